The lowest BCUT2D eigenvalue weighted by atomic mass is 9.80. The third-order valence-electron chi connectivity index (χ3n) is 3.48. The lowest BCUT2D eigenvalue weighted by Crippen LogP contribution is -2.49. The Morgan fingerprint density at radius 2 is 1.31 bits per heavy atom. The topological polar surface area (TPSA) is 52.0 Å². The molecule has 0 amide bonds. The molecule has 0 saturated heterocycles. The lowest BCUT2D eigenvalue weighted by molar-refractivity contribution is 0.262. The fourth-order valence-corrected chi connectivity index (χ4v) is 2.83. The summed E-state index contributed by atoms with van der Waals surface area (Å²) < 4.78 is 0. The lowest BCUT2D eigenvalue weighted by Gasteiger charge is -2.33. The van der Waals surface area contributed by atoms with E-state index in [0.717, 1.165) is 12.8 Å². The van der Waals surface area contributed by atoms with Crippen molar-refractivity contribution in [3.63, 3.8) is 0 Å². The largest absolute Gasteiger partial charge is 0.329 e. The van der Waals surface area contributed by atoms with Gasteiger partial charge in [-0.1, -0.05) is 53.4 Å². The third kappa shape index (κ3) is 6.49. The van der Waals surface area contributed by atoms with Gasteiger partial charge in [0.25, 0.3) is 0 Å². The molecule has 0 bridgehead atoms. The molecule has 98 valence electrons. The van der Waals surface area contributed by atoms with Crippen molar-refractivity contribution in [1.29, 1.82) is 0 Å². The highest BCUT2D eigenvalue weighted by molar-refractivity contribution is 4.88. The fourth-order valence-electron chi connectivity index (χ4n) is 2.83. The van der Waals surface area contributed by atoms with Crippen LogP contribution < -0.4 is 11.5 Å². The van der Waals surface area contributed by atoms with Crippen molar-refractivity contribution < 1.29 is 0 Å². The Kier molecular flexibility index (Phi) is 8.04. The van der Waals surface area contributed by atoms with Gasteiger partial charge in [0.1, 0.15) is 0 Å². The first-order chi connectivity index (χ1) is 7.47. The zero-order valence-corrected chi connectivity index (χ0v) is 11.8. The van der Waals surface area contributed by atoms with Gasteiger partial charge in [-0.15, -0.1) is 0 Å². The molecular formula is C14H32N2. The van der Waals surface area contributed by atoms with Gasteiger partial charge in [-0.05, 0) is 24.7 Å². The van der Waals surface area contributed by atoms with E-state index in [-0.39, 0.29) is 5.54 Å². The molecule has 2 unspecified atom stereocenters. The van der Waals surface area contributed by atoms with Crippen molar-refractivity contribution in [1.82, 2.24) is 0 Å². The summed E-state index contributed by atoms with van der Waals surface area (Å²) in [5, 5.41) is 0. The minimum absolute atomic E-state index is 0.136. The normalized spacial score (nSPS) is 19.1. The van der Waals surface area contributed by atoms with E-state index in [9.17, 15) is 0 Å². The smallest absolute Gasteiger partial charge is 0.0283 e. The maximum Gasteiger partial charge on any atom is 0.0283 e. The van der Waals surface area contributed by atoms with Gasteiger partial charge in [-0.3, -0.25) is 0 Å². The van der Waals surface area contributed by atoms with Gasteiger partial charge in [0, 0.05) is 12.1 Å². The summed E-state index contributed by atoms with van der Waals surface area (Å²) in [6.45, 7) is 9.68. The van der Waals surface area contributed by atoms with Crippen LogP contribution in [0.15, 0.2) is 0 Å². The Labute approximate surface area is 102 Å². The van der Waals surface area contributed by atoms with Crippen LogP contribution in [-0.4, -0.2) is 12.1 Å². The summed E-state index contributed by atoms with van der Waals surface area (Å²) >= 11 is 0. The minimum Gasteiger partial charge on any atom is -0.329 e. The zero-order chi connectivity index (χ0) is 12.6. The average molecular weight is 228 g/mol. The predicted octanol–water partition coefficient (Wildman–Crippen LogP) is 3.30. The molecule has 0 aliphatic carbocycles. The van der Waals surface area contributed by atoms with Crippen molar-refractivity contribution in [2.45, 2.75) is 71.8 Å². The van der Waals surface area contributed by atoms with Crippen LogP contribution >= 0.6 is 0 Å². The Morgan fingerprint density at radius 3 is 1.56 bits per heavy atom. The first-order valence-electron chi connectivity index (χ1n) is 6.96. The van der Waals surface area contributed by atoms with Gasteiger partial charge in [0.15, 0.2) is 0 Å². The predicted molar refractivity (Wildman–Crippen MR) is 73.4 cm³/mol. The van der Waals surface area contributed by atoms with Crippen molar-refractivity contribution in [2.24, 2.45) is 23.3 Å². The molecule has 0 aromatic rings. The SMILES string of the molecule is CCCC(C)CC(N)(CN)CC(C)CCC. The number of hydrogen-bond acceptors (Lipinski definition) is 2. The van der Waals surface area contributed by atoms with Crippen LogP contribution in [0.5, 0.6) is 0 Å². The Balaban J connectivity index is 4.18. The fraction of sp³-hybridized carbons (Fsp3) is 1.00. The first-order valence-corrected chi connectivity index (χ1v) is 6.96. The molecule has 0 aliphatic heterocycles. The minimum atomic E-state index is -0.136. The summed E-state index contributed by atoms with van der Waals surface area (Å²) in [6.07, 6.45) is 7.16. The van der Waals surface area contributed by atoms with Crippen molar-refractivity contribution in [3.05, 3.63) is 0 Å². The Hall–Kier alpha value is -0.0800. The highest BCUT2D eigenvalue weighted by atomic mass is 14.8. The van der Waals surface area contributed by atoms with Gasteiger partial charge < -0.3 is 11.5 Å². The second kappa shape index (κ2) is 8.08. The van der Waals surface area contributed by atoms with E-state index in [4.69, 9.17) is 11.5 Å². The number of hydrogen-bond donors (Lipinski definition) is 2. The number of nitrogens with two attached hydrogens (primary N) is 2. The van der Waals surface area contributed by atoms with E-state index in [1.54, 1.807) is 0 Å². The highest BCUT2D eigenvalue weighted by Crippen LogP contribution is 2.26. The van der Waals surface area contributed by atoms with Gasteiger partial charge in [0.2, 0.25) is 0 Å². The zero-order valence-electron chi connectivity index (χ0n) is 11.8. The second-order valence-corrected chi connectivity index (χ2v) is 5.76. The van der Waals surface area contributed by atoms with E-state index in [1.165, 1.54) is 25.7 Å². The van der Waals surface area contributed by atoms with Gasteiger partial charge in [0.05, 0.1) is 0 Å². The van der Waals surface area contributed by atoms with Crippen LogP contribution in [0.3, 0.4) is 0 Å². The van der Waals surface area contributed by atoms with Crippen molar-refractivity contribution in [2.75, 3.05) is 6.54 Å². The van der Waals surface area contributed by atoms with E-state index in [2.05, 4.69) is 27.7 Å². The summed E-state index contributed by atoms with van der Waals surface area (Å²) in [6, 6.07) is 0. The summed E-state index contributed by atoms with van der Waals surface area (Å²) in [5.41, 5.74) is 12.2. The quantitative estimate of drug-likeness (QED) is 0.636. The van der Waals surface area contributed by atoms with E-state index < -0.39 is 0 Å². The molecular weight excluding hydrogens is 196 g/mol. The molecule has 4 N–H and O–H groups in total. The van der Waals surface area contributed by atoms with Crippen molar-refractivity contribution in [3.8, 4) is 0 Å². The van der Waals surface area contributed by atoms with Crippen molar-refractivity contribution >= 4 is 0 Å². The van der Waals surface area contributed by atoms with Crippen LogP contribution in [0.4, 0.5) is 0 Å². The molecule has 2 heteroatoms. The molecule has 2 nitrogen and oxygen atoms in total. The van der Waals surface area contributed by atoms with Crippen LogP contribution in [0.2, 0.25) is 0 Å². The van der Waals surface area contributed by atoms with Crippen LogP contribution in [-0.2, 0) is 0 Å². The molecule has 0 aliphatic rings. The third-order valence-corrected chi connectivity index (χ3v) is 3.48. The van der Waals surface area contributed by atoms with Gasteiger partial charge in [-0.2, -0.15) is 0 Å². The Morgan fingerprint density at radius 1 is 0.938 bits per heavy atom. The van der Waals surface area contributed by atoms with E-state index >= 15 is 0 Å². The molecule has 0 aromatic carbocycles. The molecule has 16 heavy (non-hydrogen) atoms. The highest BCUT2D eigenvalue weighted by Gasteiger charge is 2.27. The van der Waals surface area contributed by atoms with E-state index in [1.807, 2.05) is 0 Å². The maximum atomic E-state index is 6.43. The monoisotopic (exact) mass is 228 g/mol. The summed E-state index contributed by atoms with van der Waals surface area (Å²) in [4.78, 5) is 0. The summed E-state index contributed by atoms with van der Waals surface area (Å²) in [5.74, 6) is 1.40. The molecule has 0 fully saturated rings. The van der Waals surface area contributed by atoms with Crippen LogP contribution in [0.25, 0.3) is 0 Å². The average Bonchev–Trinajstić information content (AvgIpc) is 2.17. The maximum absolute atomic E-state index is 6.43. The summed E-state index contributed by atoms with van der Waals surface area (Å²) in [7, 11) is 0. The molecule has 0 heterocycles. The Bertz CT molecular complexity index is 154. The molecule has 0 saturated carbocycles. The van der Waals surface area contributed by atoms with Crippen LogP contribution in [0, 0.1) is 11.8 Å². The molecule has 0 rings (SSSR count). The first kappa shape index (κ1) is 15.9. The standard InChI is InChI=1S/C14H32N2/c1-5-7-12(3)9-14(16,11-15)10-13(4)8-6-2/h12-13H,5-11,15-16H2,1-4H3. The van der Waals surface area contributed by atoms with E-state index in [0.29, 0.717) is 18.4 Å². The molecule has 0 aromatic heterocycles. The molecule has 2 atom stereocenters. The van der Waals surface area contributed by atoms with Gasteiger partial charge in [-0.25, -0.2) is 0 Å². The number of rotatable bonds is 9. The van der Waals surface area contributed by atoms with Crippen LogP contribution in [0.1, 0.15) is 66.2 Å². The molecule has 0 spiro atoms. The van der Waals surface area contributed by atoms with Gasteiger partial charge >= 0.3 is 0 Å². The second-order valence-electron chi connectivity index (χ2n) is 5.76. The molecule has 0 radical (unpaired) electrons.